The average Bonchev–Trinajstić information content (AvgIpc) is 2.91. The maximum atomic E-state index is 13.5. The molecule has 1 aliphatic rings. The Kier molecular flexibility index (Phi) is 13.1. The van der Waals surface area contributed by atoms with E-state index in [9.17, 15) is 24.0 Å². The number of methoxy groups -OCH3 is 1. The number of nitrogens with one attached hydrogen (secondary N) is 5. The maximum absolute atomic E-state index is 13.5. The highest BCUT2D eigenvalue weighted by molar-refractivity contribution is 5.93. The zero-order chi connectivity index (χ0) is 29.7. The van der Waals surface area contributed by atoms with Crippen molar-refractivity contribution in [1.82, 2.24) is 26.6 Å². The first kappa shape index (κ1) is 32.3. The summed E-state index contributed by atoms with van der Waals surface area (Å²) >= 11 is 0. The van der Waals surface area contributed by atoms with E-state index >= 15 is 0 Å². The molecular formula is C29H43N5O6. The van der Waals surface area contributed by atoms with Crippen LogP contribution in [0.3, 0.4) is 0 Å². The Hall–Kier alpha value is -3.89. The van der Waals surface area contributed by atoms with Crippen LogP contribution in [0.5, 0.6) is 0 Å². The molecule has 220 valence electrons. The van der Waals surface area contributed by atoms with Crippen molar-refractivity contribution in [2.45, 2.75) is 77.5 Å². The lowest BCUT2D eigenvalue weighted by Gasteiger charge is -2.27. The van der Waals surface area contributed by atoms with E-state index in [4.69, 9.17) is 4.74 Å². The predicted molar refractivity (Wildman–Crippen MR) is 151 cm³/mol. The summed E-state index contributed by atoms with van der Waals surface area (Å²) in [5.41, 5.74) is 0.806. The molecule has 1 heterocycles. The van der Waals surface area contributed by atoms with E-state index in [0.29, 0.717) is 25.8 Å². The number of hydrogen-bond donors (Lipinski definition) is 5. The first-order valence-electron chi connectivity index (χ1n) is 13.8. The van der Waals surface area contributed by atoms with E-state index in [2.05, 4.69) is 26.6 Å². The Morgan fingerprint density at radius 2 is 1.73 bits per heavy atom. The number of esters is 1. The Bertz CT molecular complexity index is 1040. The van der Waals surface area contributed by atoms with Crippen LogP contribution in [0, 0.1) is 11.8 Å². The molecule has 0 aliphatic carbocycles. The number of hydrogen-bond acceptors (Lipinski definition) is 6. The van der Waals surface area contributed by atoms with Crippen molar-refractivity contribution < 1.29 is 28.7 Å². The number of urea groups is 1. The minimum absolute atomic E-state index is 0.00666. The summed E-state index contributed by atoms with van der Waals surface area (Å²) in [6, 6.07) is 5.29. The van der Waals surface area contributed by atoms with Crippen molar-refractivity contribution in [3.63, 3.8) is 0 Å². The topological polar surface area (TPSA) is 155 Å². The van der Waals surface area contributed by atoms with Crippen molar-refractivity contribution in [3.05, 3.63) is 48.0 Å². The van der Waals surface area contributed by atoms with Crippen LogP contribution in [0.1, 0.15) is 52.5 Å². The third-order valence-corrected chi connectivity index (χ3v) is 6.65. The van der Waals surface area contributed by atoms with Crippen LogP contribution >= 0.6 is 0 Å². The number of amides is 5. The Morgan fingerprint density at radius 3 is 2.35 bits per heavy atom. The third kappa shape index (κ3) is 10.7. The number of carbonyl (C=O) groups excluding carboxylic acids is 5. The second-order valence-corrected chi connectivity index (χ2v) is 10.6. The minimum Gasteiger partial charge on any atom is -0.467 e. The standard InChI is InChI=1S/C29H43N5O6/c1-18(2)21-14-15-24(35)30-16-10-9-13-22(26(36)31-21)32-27(37)23(17-20-11-7-6-8-12-20)33-29(39)34-25(19(3)4)28(38)40-5/h6-8,11-12,14-15,18-19,21-23,25H,9-10,13,16-17H2,1-5H3,(H,30,35)(H,31,36)(H,32,37)(H2,33,34,39)/b15-14+/t21?,22-,23-,25?/m0/s1. The quantitative estimate of drug-likeness (QED) is 0.291. The van der Waals surface area contributed by atoms with E-state index in [0.717, 1.165) is 5.56 Å². The molecule has 40 heavy (non-hydrogen) atoms. The third-order valence-electron chi connectivity index (χ3n) is 6.65. The molecule has 0 fully saturated rings. The van der Waals surface area contributed by atoms with Crippen LogP contribution in [0.2, 0.25) is 0 Å². The lowest BCUT2D eigenvalue weighted by molar-refractivity contribution is -0.144. The van der Waals surface area contributed by atoms with Gasteiger partial charge in [-0.05, 0) is 36.7 Å². The Labute approximate surface area is 236 Å². The summed E-state index contributed by atoms with van der Waals surface area (Å²) in [6.45, 7) is 7.83. The molecule has 4 atom stereocenters. The van der Waals surface area contributed by atoms with Crippen molar-refractivity contribution in [3.8, 4) is 0 Å². The summed E-state index contributed by atoms with van der Waals surface area (Å²) in [7, 11) is 1.24. The second-order valence-electron chi connectivity index (χ2n) is 10.6. The van der Waals surface area contributed by atoms with Crippen molar-refractivity contribution >= 4 is 29.7 Å². The fraction of sp³-hybridized carbons (Fsp3) is 0.552. The molecule has 0 saturated heterocycles. The largest absolute Gasteiger partial charge is 0.467 e. The van der Waals surface area contributed by atoms with Gasteiger partial charge in [0.15, 0.2) is 0 Å². The van der Waals surface area contributed by atoms with E-state index in [1.54, 1.807) is 19.9 Å². The van der Waals surface area contributed by atoms with Crippen LogP contribution in [-0.4, -0.2) is 67.5 Å². The van der Waals surface area contributed by atoms with Gasteiger partial charge < -0.3 is 31.3 Å². The van der Waals surface area contributed by atoms with Crippen LogP contribution in [0.4, 0.5) is 4.79 Å². The van der Waals surface area contributed by atoms with Crippen molar-refractivity contribution in [1.29, 1.82) is 0 Å². The molecule has 5 N–H and O–H groups in total. The molecule has 1 aromatic rings. The summed E-state index contributed by atoms with van der Waals surface area (Å²) in [4.78, 5) is 63.9. The van der Waals surface area contributed by atoms with E-state index in [1.165, 1.54) is 13.2 Å². The highest BCUT2D eigenvalue weighted by atomic mass is 16.5. The highest BCUT2D eigenvalue weighted by Crippen LogP contribution is 2.10. The van der Waals surface area contributed by atoms with Crippen molar-refractivity contribution in [2.75, 3.05) is 13.7 Å². The summed E-state index contributed by atoms with van der Waals surface area (Å²) in [5, 5.41) is 13.8. The normalized spacial score (nSPS) is 20.6. The Morgan fingerprint density at radius 1 is 1.02 bits per heavy atom. The monoisotopic (exact) mass is 557 g/mol. The highest BCUT2D eigenvalue weighted by Gasteiger charge is 2.30. The zero-order valence-corrected chi connectivity index (χ0v) is 24.0. The van der Waals surface area contributed by atoms with Gasteiger partial charge in [0.05, 0.1) is 7.11 Å². The SMILES string of the molecule is COC(=O)C(NC(=O)N[C@@H](Cc1ccccc1)C(=O)N[C@H]1CCCCNC(=O)/C=C/C(C(C)C)NC1=O)C(C)C. The Balaban J connectivity index is 2.24. The van der Waals surface area contributed by atoms with Gasteiger partial charge in [-0.1, -0.05) is 64.1 Å². The fourth-order valence-corrected chi connectivity index (χ4v) is 4.20. The van der Waals surface area contributed by atoms with E-state index in [1.807, 2.05) is 44.2 Å². The second kappa shape index (κ2) is 16.3. The number of carbonyl (C=O) groups is 5. The fourth-order valence-electron chi connectivity index (χ4n) is 4.20. The van der Waals surface area contributed by atoms with Crippen LogP contribution in [-0.2, 0) is 30.3 Å². The van der Waals surface area contributed by atoms with Gasteiger partial charge in [0.1, 0.15) is 18.1 Å². The molecule has 11 nitrogen and oxygen atoms in total. The van der Waals surface area contributed by atoms with Crippen LogP contribution in [0.15, 0.2) is 42.5 Å². The first-order valence-corrected chi connectivity index (χ1v) is 13.8. The summed E-state index contributed by atoms with van der Waals surface area (Å²) < 4.78 is 4.79. The van der Waals surface area contributed by atoms with Gasteiger partial charge in [0.25, 0.3) is 0 Å². The van der Waals surface area contributed by atoms with Gasteiger partial charge in [-0.25, -0.2) is 9.59 Å². The lowest BCUT2D eigenvalue weighted by Crippen LogP contribution is -2.58. The van der Waals surface area contributed by atoms with Gasteiger partial charge in [-0.2, -0.15) is 0 Å². The predicted octanol–water partition coefficient (Wildman–Crippen LogP) is 1.58. The van der Waals surface area contributed by atoms with Gasteiger partial charge in [0.2, 0.25) is 17.7 Å². The average molecular weight is 558 g/mol. The molecule has 2 rings (SSSR count). The zero-order valence-electron chi connectivity index (χ0n) is 24.0. The number of rotatable bonds is 9. The first-order chi connectivity index (χ1) is 19.0. The lowest BCUT2D eigenvalue weighted by atomic mass is 10.0. The molecule has 2 unspecified atom stereocenters. The van der Waals surface area contributed by atoms with Crippen LogP contribution in [0.25, 0.3) is 0 Å². The van der Waals surface area contributed by atoms with Gasteiger partial charge in [-0.3, -0.25) is 14.4 Å². The van der Waals surface area contributed by atoms with Gasteiger partial charge in [-0.15, -0.1) is 0 Å². The van der Waals surface area contributed by atoms with E-state index in [-0.39, 0.29) is 30.1 Å². The van der Waals surface area contributed by atoms with E-state index < -0.39 is 42.1 Å². The van der Waals surface area contributed by atoms with Crippen LogP contribution < -0.4 is 26.6 Å². The molecule has 0 aromatic heterocycles. The molecule has 0 radical (unpaired) electrons. The molecule has 0 bridgehead atoms. The molecule has 5 amide bonds. The van der Waals surface area contributed by atoms with Crippen molar-refractivity contribution in [2.24, 2.45) is 11.8 Å². The number of benzene rings is 1. The number of ether oxygens (including phenoxy) is 1. The smallest absolute Gasteiger partial charge is 0.328 e. The van der Waals surface area contributed by atoms with Gasteiger partial charge in [0, 0.05) is 25.1 Å². The minimum atomic E-state index is -1.03. The molecule has 0 saturated carbocycles. The molecule has 1 aromatic carbocycles. The summed E-state index contributed by atoms with van der Waals surface area (Å²) in [5.74, 6) is -1.95. The maximum Gasteiger partial charge on any atom is 0.328 e. The molecule has 11 heteroatoms. The summed E-state index contributed by atoms with van der Waals surface area (Å²) in [6.07, 6.45) is 4.80. The molecule has 1 aliphatic heterocycles. The molecule has 0 spiro atoms. The van der Waals surface area contributed by atoms with Gasteiger partial charge >= 0.3 is 12.0 Å². The molecular weight excluding hydrogens is 514 g/mol.